The molecule has 0 saturated heterocycles. The Morgan fingerprint density at radius 2 is 1.89 bits per heavy atom. The smallest absolute Gasteiger partial charge is 0.191 e. The second-order valence-corrected chi connectivity index (χ2v) is 7.36. The van der Waals surface area contributed by atoms with Crippen LogP contribution in [0.25, 0.3) is 0 Å². The first-order chi connectivity index (χ1) is 13.7. The maximum absolute atomic E-state index is 5.63. The van der Waals surface area contributed by atoms with Crippen molar-refractivity contribution in [2.75, 3.05) is 40.5 Å². The first kappa shape index (κ1) is 22.3. The molecule has 2 N–H and O–H groups in total. The highest BCUT2D eigenvalue weighted by molar-refractivity contribution is 5.79. The quantitative estimate of drug-likeness (QED) is 0.342. The lowest BCUT2D eigenvalue weighted by Crippen LogP contribution is -2.43. The van der Waals surface area contributed by atoms with Crippen molar-refractivity contribution in [2.45, 2.75) is 52.5 Å². The minimum Gasteiger partial charge on any atom is -0.493 e. The maximum Gasteiger partial charge on any atom is 0.191 e. The molecular weight excluding hydrogens is 354 g/mol. The Morgan fingerprint density at radius 1 is 1.11 bits per heavy atom. The van der Waals surface area contributed by atoms with Gasteiger partial charge in [0.1, 0.15) is 0 Å². The molecule has 0 atom stereocenters. The highest BCUT2D eigenvalue weighted by Gasteiger charge is 2.33. The average Bonchev–Trinajstić information content (AvgIpc) is 3.19. The fourth-order valence-corrected chi connectivity index (χ4v) is 3.93. The van der Waals surface area contributed by atoms with Crippen LogP contribution in [0.4, 0.5) is 0 Å². The van der Waals surface area contributed by atoms with Gasteiger partial charge in [-0.3, -0.25) is 0 Å². The van der Waals surface area contributed by atoms with E-state index in [1.807, 2.05) is 18.2 Å². The van der Waals surface area contributed by atoms with Crippen LogP contribution in [0.5, 0.6) is 11.5 Å². The predicted octanol–water partition coefficient (Wildman–Crippen LogP) is 3.75. The number of hydrogen-bond donors (Lipinski definition) is 2. The molecule has 0 bridgehead atoms. The third-order valence-electron chi connectivity index (χ3n) is 5.51. The summed E-state index contributed by atoms with van der Waals surface area (Å²) in [6.45, 7) is 8.06. The number of guanidine groups is 1. The van der Waals surface area contributed by atoms with Gasteiger partial charge in [-0.1, -0.05) is 25.0 Å². The van der Waals surface area contributed by atoms with Crippen molar-refractivity contribution in [3.8, 4) is 11.5 Å². The van der Waals surface area contributed by atoms with Gasteiger partial charge >= 0.3 is 0 Å². The lowest BCUT2D eigenvalue weighted by Gasteiger charge is -2.30. The topological polar surface area (TPSA) is 64.1 Å². The molecule has 1 fully saturated rings. The SMILES string of the molecule is CCNC(=NCc1cccc(OC)c1OC)NCC1(CCOCC)CCCC1. The molecule has 0 heterocycles. The van der Waals surface area contributed by atoms with E-state index in [-0.39, 0.29) is 0 Å². The third kappa shape index (κ3) is 6.30. The van der Waals surface area contributed by atoms with Gasteiger partial charge in [0, 0.05) is 31.9 Å². The molecule has 28 heavy (non-hydrogen) atoms. The van der Waals surface area contributed by atoms with Gasteiger partial charge in [0.05, 0.1) is 20.8 Å². The summed E-state index contributed by atoms with van der Waals surface area (Å²) in [5.74, 6) is 2.32. The molecule has 1 aromatic rings. The summed E-state index contributed by atoms with van der Waals surface area (Å²) in [4.78, 5) is 4.78. The normalized spacial score (nSPS) is 16.1. The molecule has 0 radical (unpaired) electrons. The van der Waals surface area contributed by atoms with Gasteiger partial charge < -0.3 is 24.8 Å². The fourth-order valence-electron chi connectivity index (χ4n) is 3.93. The zero-order chi connectivity index (χ0) is 20.2. The molecule has 6 nitrogen and oxygen atoms in total. The van der Waals surface area contributed by atoms with Crippen LogP contribution in [0, 0.1) is 5.41 Å². The van der Waals surface area contributed by atoms with Crippen molar-refractivity contribution < 1.29 is 14.2 Å². The largest absolute Gasteiger partial charge is 0.493 e. The van der Waals surface area contributed by atoms with E-state index in [9.17, 15) is 0 Å². The molecule has 0 unspecified atom stereocenters. The van der Waals surface area contributed by atoms with Gasteiger partial charge in [-0.25, -0.2) is 4.99 Å². The maximum atomic E-state index is 5.63. The molecule has 1 aliphatic rings. The number of nitrogens with zero attached hydrogens (tertiary/aromatic N) is 1. The number of rotatable bonds is 11. The molecule has 0 aliphatic heterocycles. The van der Waals surface area contributed by atoms with Crippen molar-refractivity contribution in [3.63, 3.8) is 0 Å². The molecular formula is C22H37N3O3. The van der Waals surface area contributed by atoms with Crippen molar-refractivity contribution >= 4 is 5.96 Å². The zero-order valence-electron chi connectivity index (χ0n) is 18.0. The standard InChI is InChI=1S/C22H37N3O3/c1-5-23-21(24-16-18-10-9-11-19(26-3)20(18)27-4)25-17-22(12-7-8-13-22)14-15-28-6-2/h9-11H,5-8,12-17H2,1-4H3,(H2,23,24,25). The van der Waals surface area contributed by atoms with E-state index in [1.54, 1.807) is 14.2 Å². The van der Waals surface area contributed by atoms with Crippen LogP contribution < -0.4 is 20.1 Å². The summed E-state index contributed by atoms with van der Waals surface area (Å²) < 4.78 is 16.5. The van der Waals surface area contributed by atoms with Crippen molar-refractivity contribution in [2.24, 2.45) is 10.4 Å². The first-order valence-electron chi connectivity index (χ1n) is 10.5. The van der Waals surface area contributed by atoms with Crippen molar-refractivity contribution in [1.29, 1.82) is 0 Å². The molecule has 2 rings (SSSR count). The Labute approximate surface area is 170 Å². The summed E-state index contributed by atoms with van der Waals surface area (Å²) in [5, 5.41) is 6.94. The van der Waals surface area contributed by atoms with E-state index < -0.39 is 0 Å². The summed E-state index contributed by atoms with van der Waals surface area (Å²) >= 11 is 0. The van der Waals surface area contributed by atoms with Gasteiger partial charge in [-0.15, -0.1) is 0 Å². The number of methoxy groups -OCH3 is 2. The molecule has 1 aliphatic carbocycles. The molecule has 6 heteroatoms. The zero-order valence-corrected chi connectivity index (χ0v) is 18.0. The molecule has 0 spiro atoms. The summed E-state index contributed by atoms with van der Waals surface area (Å²) in [7, 11) is 3.32. The van der Waals surface area contributed by atoms with Crippen molar-refractivity contribution in [1.82, 2.24) is 10.6 Å². The van der Waals surface area contributed by atoms with E-state index >= 15 is 0 Å². The van der Waals surface area contributed by atoms with Crippen LogP contribution in [0.15, 0.2) is 23.2 Å². The number of hydrogen-bond acceptors (Lipinski definition) is 4. The second-order valence-electron chi connectivity index (χ2n) is 7.36. The Balaban J connectivity index is 2.04. The summed E-state index contributed by atoms with van der Waals surface area (Å²) in [5.41, 5.74) is 1.32. The van der Waals surface area contributed by atoms with Gasteiger partial charge in [0.15, 0.2) is 17.5 Å². The van der Waals surface area contributed by atoms with Crippen LogP contribution >= 0.6 is 0 Å². The summed E-state index contributed by atoms with van der Waals surface area (Å²) in [6.07, 6.45) is 6.24. The monoisotopic (exact) mass is 391 g/mol. The summed E-state index contributed by atoms with van der Waals surface area (Å²) in [6, 6.07) is 5.89. The molecule has 1 saturated carbocycles. The van der Waals surface area contributed by atoms with E-state index in [0.29, 0.717) is 12.0 Å². The lowest BCUT2D eigenvalue weighted by atomic mass is 9.83. The minimum absolute atomic E-state index is 0.318. The van der Waals surface area contributed by atoms with Gasteiger partial charge in [0.25, 0.3) is 0 Å². The molecule has 0 amide bonds. The first-order valence-corrected chi connectivity index (χ1v) is 10.5. The van der Waals surface area contributed by atoms with Crippen LogP contribution in [0.3, 0.4) is 0 Å². The Morgan fingerprint density at radius 3 is 2.54 bits per heavy atom. The number of aliphatic imine (C=N–C) groups is 1. The van der Waals surface area contributed by atoms with E-state index in [2.05, 4.69) is 24.5 Å². The lowest BCUT2D eigenvalue weighted by molar-refractivity contribution is 0.105. The molecule has 1 aromatic carbocycles. The van der Waals surface area contributed by atoms with Crippen LogP contribution in [-0.2, 0) is 11.3 Å². The van der Waals surface area contributed by atoms with Gasteiger partial charge in [-0.2, -0.15) is 0 Å². The Bertz CT molecular complexity index is 613. The number of nitrogens with one attached hydrogen (secondary N) is 2. The number of benzene rings is 1. The highest BCUT2D eigenvalue weighted by atomic mass is 16.5. The van der Waals surface area contributed by atoms with Crippen LogP contribution in [0.1, 0.15) is 51.5 Å². The van der Waals surface area contributed by atoms with E-state index in [1.165, 1.54) is 25.7 Å². The van der Waals surface area contributed by atoms with E-state index in [4.69, 9.17) is 19.2 Å². The minimum atomic E-state index is 0.318. The third-order valence-corrected chi connectivity index (χ3v) is 5.51. The van der Waals surface area contributed by atoms with Gasteiger partial charge in [-0.05, 0) is 44.6 Å². The van der Waals surface area contributed by atoms with Crippen LogP contribution in [-0.4, -0.2) is 46.5 Å². The highest BCUT2D eigenvalue weighted by Crippen LogP contribution is 2.40. The van der Waals surface area contributed by atoms with Gasteiger partial charge in [0.2, 0.25) is 0 Å². The molecule has 0 aromatic heterocycles. The second kappa shape index (κ2) is 11.8. The predicted molar refractivity (Wildman–Crippen MR) is 114 cm³/mol. The fraction of sp³-hybridized carbons (Fsp3) is 0.682. The van der Waals surface area contributed by atoms with E-state index in [0.717, 1.165) is 55.7 Å². The van der Waals surface area contributed by atoms with Crippen LogP contribution in [0.2, 0.25) is 0 Å². The Hall–Kier alpha value is -1.95. The van der Waals surface area contributed by atoms with Crippen molar-refractivity contribution in [3.05, 3.63) is 23.8 Å². The number of para-hydroxylation sites is 1. The Kier molecular flexibility index (Phi) is 9.41. The average molecular weight is 392 g/mol. The molecule has 158 valence electrons. The number of ether oxygens (including phenoxy) is 3.